The van der Waals surface area contributed by atoms with E-state index in [2.05, 4.69) is 10.3 Å². The van der Waals surface area contributed by atoms with Gasteiger partial charge in [-0.1, -0.05) is 23.8 Å². The molecule has 0 aliphatic heterocycles. The van der Waals surface area contributed by atoms with Crippen LogP contribution in [0.5, 0.6) is 5.75 Å². The number of carbonyl (C=O) groups is 1. The molecule has 0 aliphatic rings. The number of carbonyl (C=O) groups excluding carboxylic acids is 1. The van der Waals surface area contributed by atoms with Crippen LogP contribution < -0.4 is 10.1 Å². The zero-order valence-electron chi connectivity index (χ0n) is 15.7. The summed E-state index contributed by atoms with van der Waals surface area (Å²) in [4.78, 5) is 17.1. The fourth-order valence-electron chi connectivity index (χ4n) is 3.00. The number of ether oxygens (including phenoxy) is 1. The Kier molecular flexibility index (Phi) is 4.81. The molecule has 0 fully saturated rings. The fraction of sp³-hybridized carbons (Fsp3) is 0.130. The van der Waals surface area contributed by atoms with Crippen molar-refractivity contribution >= 4 is 22.7 Å². The predicted octanol–water partition coefficient (Wildman–Crippen LogP) is 5.45. The lowest BCUT2D eigenvalue weighted by molar-refractivity contribution is 0.102. The molecule has 0 saturated heterocycles. The van der Waals surface area contributed by atoms with Crippen molar-refractivity contribution in [3.8, 4) is 17.2 Å². The molecule has 0 aliphatic carbocycles. The van der Waals surface area contributed by atoms with Crippen LogP contribution in [-0.2, 0) is 0 Å². The van der Waals surface area contributed by atoms with E-state index in [0.717, 1.165) is 11.1 Å². The normalized spacial score (nSPS) is 10.8. The van der Waals surface area contributed by atoms with Crippen molar-refractivity contribution in [2.75, 3.05) is 11.9 Å². The van der Waals surface area contributed by atoms with Gasteiger partial charge in [0.1, 0.15) is 11.3 Å². The molecule has 4 aromatic rings. The van der Waals surface area contributed by atoms with E-state index in [9.17, 15) is 4.79 Å². The summed E-state index contributed by atoms with van der Waals surface area (Å²) in [6.45, 7) is 4.49. The van der Waals surface area contributed by atoms with Crippen molar-refractivity contribution in [3.63, 3.8) is 0 Å². The summed E-state index contributed by atoms with van der Waals surface area (Å²) in [5.41, 5.74) is 4.62. The standard InChI is InChI=1S/C23H20N2O3/c1-3-27-19-9-5-7-16(13-19)22(26)24-18-10-11-21-20(14-18)25-23(28-21)17-8-4-6-15(2)12-17/h4-14H,3H2,1-2H3,(H,24,26). The number of nitrogens with one attached hydrogen (secondary N) is 1. The summed E-state index contributed by atoms with van der Waals surface area (Å²) >= 11 is 0. The number of fused-ring (bicyclic) bond motifs is 1. The Morgan fingerprint density at radius 1 is 1.07 bits per heavy atom. The van der Waals surface area contributed by atoms with E-state index in [1.807, 2.05) is 56.3 Å². The van der Waals surface area contributed by atoms with E-state index in [1.54, 1.807) is 24.3 Å². The van der Waals surface area contributed by atoms with Crippen LogP contribution in [0.2, 0.25) is 0 Å². The van der Waals surface area contributed by atoms with Gasteiger partial charge >= 0.3 is 0 Å². The number of aromatic nitrogens is 1. The monoisotopic (exact) mass is 372 g/mol. The Morgan fingerprint density at radius 3 is 2.75 bits per heavy atom. The quantitative estimate of drug-likeness (QED) is 0.506. The van der Waals surface area contributed by atoms with Crippen molar-refractivity contribution in [2.24, 2.45) is 0 Å². The number of rotatable bonds is 5. The van der Waals surface area contributed by atoms with Crippen LogP contribution in [0.3, 0.4) is 0 Å². The summed E-state index contributed by atoms with van der Waals surface area (Å²) in [7, 11) is 0. The summed E-state index contributed by atoms with van der Waals surface area (Å²) in [5, 5.41) is 2.90. The van der Waals surface area contributed by atoms with Gasteiger partial charge in [-0.15, -0.1) is 0 Å². The average Bonchev–Trinajstić information content (AvgIpc) is 3.12. The number of anilines is 1. The Bertz CT molecular complexity index is 1150. The first-order valence-corrected chi connectivity index (χ1v) is 9.14. The van der Waals surface area contributed by atoms with E-state index in [-0.39, 0.29) is 5.91 Å². The van der Waals surface area contributed by atoms with Gasteiger partial charge in [-0.2, -0.15) is 0 Å². The van der Waals surface area contributed by atoms with Gasteiger partial charge in [-0.25, -0.2) is 4.98 Å². The zero-order chi connectivity index (χ0) is 19.5. The second kappa shape index (κ2) is 7.56. The molecule has 5 heteroatoms. The number of amides is 1. The topological polar surface area (TPSA) is 64.4 Å². The maximum Gasteiger partial charge on any atom is 0.255 e. The predicted molar refractivity (Wildman–Crippen MR) is 110 cm³/mol. The van der Waals surface area contributed by atoms with Gasteiger partial charge in [-0.05, 0) is 62.4 Å². The highest BCUT2D eigenvalue weighted by molar-refractivity contribution is 6.05. The van der Waals surface area contributed by atoms with Gasteiger partial charge in [-0.3, -0.25) is 4.79 Å². The van der Waals surface area contributed by atoms with E-state index >= 15 is 0 Å². The highest BCUT2D eigenvalue weighted by atomic mass is 16.5. The molecule has 0 radical (unpaired) electrons. The molecule has 0 unspecified atom stereocenters. The SMILES string of the molecule is CCOc1cccc(C(=O)Nc2ccc3oc(-c4cccc(C)c4)nc3c2)c1. The van der Waals surface area contributed by atoms with Crippen LogP contribution >= 0.6 is 0 Å². The molecule has 4 rings (SSSR count). The van der Waals surface area contributed by atoms with Crippen molar-refractivity contribution < 1.29 is 13.9 Å². The minimum atomic E-state index is -0.205. The molecular formula is C23H20N2O3. The van der Waals surface area contributed by atoms with E-state index < -0.39 is 0 Å². The van der Waals surface area contributed by atoms with Gasteiger partial charge in [0, 0.05) is 16.8 Å². The van der Waals surface area contributed by atoms with E-state index in [4.69, 9.17) is 9.15 Å². The lowest BCUT2D eigenvalue weighted by atomic mass is 10.1. The number of benzene rings is 3. The minimum Gasteiger partial charge on any atom is -0.494 e. The summed E-state index contributed by atoms with van der Waals surface area (Å²) in [6, 6.07) is 20.5. The number of hydrogen-bond donors (Lipinski definition) is 1. The smallest absolute Gasteiger partial charge is 0.255 e. The first-order chi connectivity index (χ1) is 13.6. The molecule has 140 valence electrons. The van der Waals surface area contributed by atoms with Gasteiger partial charge in [0.25, 0.3) is 5.91 Å². The fourth-order valence-corrected chi connectivity index (χ4v) is 3.00. The molecule has 0 bridgehead atoms. The van der Waals surface area contributed by atoms with Crippen LogP contribution in [0.4, 0.5) is 5.69 Å². The molecule has 1 aromatic heterocycles. The Balaban J connectivity index is 1.58. The summed E-state index contributed by atoms with van der Waals surface area (Å²) < 4.78 is 11.3. The number of aryl methyl sites for hydroxylation is 1. The Morgan fingerprint density at radius 2 is 1.93 bits per heavy atom. The lowest BCUT2D eigenvalue weighted by Crippen LogP contribution is -2.11. The van der Waals surface area contributed by atoms with Crippen LogP contribution in [-0.4, -0.2) is 17.5 Å². The van der Waals surface area contributed by atoms with Crippen LogP contribution in [0.15, 0.2) is 71.1 Å². The molecule has 5 nitrogen and oxygen atoms in total. The Labute approximate surface area is 163 Å². The van der Waals surface area contributed by atoms with Gasteiger partial charge in [0.05, 0.1) is 6.61 Å². The van der Waals surface area contributed by atoms with E-state index in [0.29, 0.717) is 40.6 Å². The third-order valence-corrected chi connectivity index (χ3v) is 4.32. The maximum absolute atomic E-state index is 12.6. The Hall–Kier alpha value is -3.60. The largest absolute Gasteiger partial charge is 0.494 e. The zero-order valence-corrected chi connectivity index (χ0v) is 15.7. The van der Waals surface area contributed by atoms with E-state index in [1.165, 1.54) is 0 Å². The van der Waals surface area contributed by atoms with Crippen molar-refractivity contribution in [2.45, 2.75) is 13.8 Å². The third-order valence-electron chi connectivity index (χ3n) is 4.32. The van der Waals surface area contributed by atoms with Crippen molar-refractivity contribution in [3.05, 3.63) is 77.9 Å². The molecular weight excluding hydrogens is 352 g/mol. The molecule has 28 heavy (non-hydrogen) atoms. The molecule has 1 heterocycles. The second-order valence-corrected chi connectivity index (χ2v) is 6.49. The van der Waals surface area contributed by atoms with Crippen LogP contribution in [0, 0.1) is 6.92 Å². The van der Waals surface area contributed by atoms with Gasteiger partial charge < -0.3 is 14.5 Å². The summed E-state index contributed by atoms with van der Waals surface area (Å²) in [6.07, 6.45) is 0. The number of nitrogens with zero attached hydrogens (tertiary/aromatic N) is 1. The highest BCUT2D eigenvalue weighted by Gasteiger charge is 2.11. The molecule has 3 aromatic carbocycles. The molecule has 1 amide bonds. The van der Waals surface area contributed by atoms with Crippen LogP contribution in [0.25, 0.3) is 22.6 Å². The lowest BCUT2D eigenvalue weighted by Gasteiger charge is -2.07. The van der Waals surface area contributed by atoms with Crippen LogP contribution in [0.1, 0.15) is 22.8 Å². The summed E-state index contributed by atoms with van der Waals surface area (Å²) in [5.74, 6) is 1.03. The number of hydrogen-bond acceptors (Lipinski definition) is 4. The molecule has 0 atom stereocenters. The molecule has 1 N–H and O–H groups in total. The van der Waals surface area contributed by atoms with Crippen molar-refractivity contribution in [1.29, 1.82) is 0 Å². The first-order valence-electron chi connectivity index (χ1n) is 9.14. The van der Waals surface area contributed by atoms with Gasteiger partial charge in [0.15, 0.2) is 5.58 Å². The number of oxazole rings is 1. The average molecular weight is 372 g/mol. The minimum absolute atomic E-state index is 0.205. The van der Waals surface area contributed by atoms with Crippen molar-refractivity contribution in [1.82, 2.24) is 4.98 Å². The van der Waals surface area contributed by atoms with Gasteiger partial charge in [0.2, 0.25) is 5.89 Å². The second-order valence-electron chi connectivity index (χ2n) is 6.49. The maximum atomic E-state index is 12.6. The highest BCUT2D eigenvalue weighted by Crippen LogP contribution is 2.27. The first kappa shape index (κ1) is 17.8. The third kappa shape index (κ3) is 3.74. The molecule has 0 spiro atoms. The molecule has 0 saturated carbocycles.